The summed E-state index contributed by atoms with van der Waals surface area (Å²) < 4.78 is 28.8. The largest absolute Gasteiger partial charge is 0.369 e. The third-order valence-electron chi connectivity index (χ3n) is 7.57. The van der Waals surface area contributed by atoms with E-state index in [0.717, 1.165) is 49.1 Å². The lowest BCUT2D eigenvalue weighted by Gasteiger charge is -2.36. The number of carbonyl (C=O) groups excluding carboxylic acids is 1. The lowest BCUT2D eigenvalue weighted by molar-refractivity contribution is 0.102. The number of anilines is 3. The van der Waals surface area contributed by atoms with Crippen molar-refractivity contribution < 1.29 is 13.2 Å². The molecular formula is C34H32N4O3S. The van der Waals surface area contributed by atoms with Crippen molar-refractivity contribution in [3.63, 3.8) is 0 Å². The Morgan fingerprint density at radius 3 is 2.10 bits per heavy atom. The van der Waals surface area contributed by atoms with Crippen molar-refractivity contribution in [3.8, 4) is 0 Å². The number of benzene rings is 5. The van der Waals surface area contributed by atoms with Gasteiger partial charge in [0.15, 0.2) is 0 Å². The molecule has 1 amide bonds. The predicted octanol–water partition coefficient (Wildman–Crippen LogP) is 6.22. The molecule has 7 nitrogen and oxygen atoms in total. The zero-order valence-corrected chi connectivity index (χ0v) is 23.9. The molecule has 0 aromatic heterocycles. The van der Waals surface area contributed by atoms with Crippen LogP contribution in [0.25, 0.3) is 10.8 Å². The topological polar surface area (TPSA) is 81.7 Å². The number of nitrogens with one attached hydrogen (secondary N) is 2. The number of amides is 1. The molecule has 42 heavy (non-hydrogen) atoms. The van der Waals surface area contributed by atoms with Crippen LogP contribution in [0.15, 0.2) is 126 Å². The van der Waals surface area contributed by atoms with Gasteiger partial charge in [0, 0.05) is 55.0 Å². The highest BCUT2D eigenvalue weighted by atomic mass is 32.2. The maximum Gasteiger partial charge on any atom is 0.261 e. The Kier molecular flexibility index (Phi) is 7.90. The number of sulfonamides is 1. The van der Waals surface area contributed by atoms with Crippen molar-refractivity contribution in [1.29, 1.82) is 0 Å². The summed E-state index contributed by atoms with van der Waals surface area (Å²) in [5, 5.41) is 4.63. The summed E-state index contributed by atoms with van der Waals surface area (Å²) in [6.07, 6.45) is 0. The number of nitrogens with zero attached hydrogens (tertiary/aromatic N) is 2. The van der Waals surface area contributed by atoms with Gasteiger partial charge in [-0.2, -0.15) is 0 Å². The van der Waals surface area contributed by atoms with Crippen molar-refractivity contribution in [1.82, 2.24) is 4.90 Å². The monoisotopic (exact) mass is 576 g/mol. The first kappa shape index (κ1) is 27.5. The summed E-state index contributed by atoms with van der Waals surface area (Å²) >= 11 is 0. The first-order valence-electron chi connectivity index (χ1n) is 14.0. The molecule has 2 N–H and O–H groups in total. The van der Waals surface area contributed by atoms with Crippen LogP contribution in [0.1, 0.15) is 15.9 Å². The number of hydrogen-bond donors (Lipinski definition) is 2. The van der Waals surface area contributed by atoms with E-state index in [2.05, 4.69) is 44.1 Å². The molecule has 0 radical (unpaired) electrons. The third kappa shape index (κ3) is 6.30. The highest BCUT2D eigenvalue weighted by molar-refractivity contribution is 7.92. The van der Waals surface area contributed by atoms with Crippen LogP contribution in [-0.2, 0) is 16.6 Å². The fraction of sp³-hybridized carbons (Fsp3) is 0.147. The number of fused-ring (bicyclic) bond motifs is 1. The number of para-hydroxylation sites is 1. The van der Waals surface area contributed by atoms with Gasteiger partial charge >= 0.3 is 0 Å². The fourth-order valence-electron chi connectivity index (χ4n) is 5.26. The minimum atomic E-state index is -3.81. The number of hydrogen-bond acceptors (Lipinski definition) is 5. The van der Waals surface area contributed by atoms with Gasteiger partial charge in [-0.15, -0.1) is 0 Å². The van der Waals surface area contributed by atoms with Crippen LogP contribution in [-0.4, -0.2) is 45.4 Å². The fourth-order valence-corrected chi connectivity index (χ4v) is 6.34. The van der Waals surface area contributed by atoms with E-state index in [1.807, 2.05) is 66.7 Å². The van der Waals surface area contributed by atoms with Crippen LogP contribution in [0.3, 0.4) is 0 Å². The zero-order valence-electron chi connectivity index (χ0n) is 23.1. The smallest absolute Gasteiger partial charge is 0.261 e. The molecule has 0 aliphatic carbocycles. The van der Waals surface area contributed by atoms with E-state index < -0.39 is 10.0 Å². The van der Waals surface area contributed by atoms with Gasteiger partial charge in [0.2, 0.25) is 0 Å². The Morgan fingerprint density at radius 1 is 0.690 bits per heavy atom. The molecule has 5 aromatic rings. The average Bonchev–Trinajstić information content (AvgIpc) is 3.02. The van der Waals surface area contributed by atoms with Crippen molar-refractivity contribution >= 4 is 43.8 Å². The molecule has 1 saturated heterocycles. The Bertz CT molecular complexity index is 1780. The minimum absolute atomic E-state index is 0.113. The van der Waals surface area contributed by atoms with E-state index in [-0.39, 0.29) is 10.8 Å². The average molecular weight is 577 g/mol. The van der Waals surface area contributed by atoms with Crippen LogP contribution < -0.4 is 14.9 Å². The summed E-state index contributed by atoms with van der Waals surface area (Å²) in [7, 11) is -3.81. The van der Waals surface area contributed by atoms with Crippen molar-refractivity contribution in [2.45, 2.75) is 11.4 Å². The number of piperazine rings is 1. The maximum atomic E-state index is 13.1. The van der Waals surface area contributed by atoms with Gasteiger partial charge in [-0.25, -0.2) is 8.42 Å². The van der Waals surface area contributed by atoms with E-state index in [4.69, 9.17) is 0 Å². The molecule has 212 valence electrons. The second-order valence-corrected chi connectivity index (χ2v) is 12.1. The first-order valence-corrected chi connectivity index (χ1v) is 15.5. The Hall–Kier alpha value is -4.66. The molecule has 8 heteroatoms. The molecule has 1 fully saturated rings. The second-order valence-electron chi connectivity index (χ2n) is 10.4. The van der Waals surface area contributed by atoms with Gasteiger partial charge in [0.25, 0.3) is 15.9 Å². The van der Waals surface area contributed by atoms with Gasteiger partial charge in [-0.05, 0) is 65.5 Å². The quantitative estimate of drug-likeness (QED) is 0.229. The van der Waals surface area contributed by atoms with E-state index in [0.29, 0.717) is 16.9 Å². The van der Waals surface area contributed by atoms with Crippen LogP contribution in [0.4, 0.5) is 17.1 Å². The molecule has 1 aliphatic heterocycles. The molecule has 0 bridgehead atoms. The molecule has 0 atom stereocenters. The highest BCUT2D eigenvalue weighted by Crippen LogP contribution is 2.26. The van der Waals surface area contributed by atoms with Gasteiger partial charge < -0.3 is 10.2 Å². The summed E-state index contributed by atoms with van der Waals surface area (Å²) in [5.74, 6) is -0.248. The van der Waals surface area contributed by atoms with Gasteiger partial charge in [0.05, 0.1) is 10.6 Å². The van der Waals surface area contributed by atoms with Crippen LogP contribution in [0.5, 0.6) is 0 Å². The molecule has 0 spiro atoms. The molecule has 1 aliphatic rings. The lowest BCUT2D eigenvalue weighted by atomic mass is 10.1. The first-order chi connectivity index (χ1) is 20.4. The van der Waals surface area contributed by atoms with E-state index in [1.54, 1.807) is 18.2 Å². The van der Waals surface area contributed by atoms with Crippen LogP contribution >= 0.6 is 0 Å². The number of rotatable bonds is 8. The van der Waals surface area contributed by atoms with E-state index in [1.165, 1.54) is 17.8 Å². The standard InChI is InChI=1S/C34H32N4O3S/c39-34(28-15-13-26(14-16-28)25-37-21-23-38(24-22-37)30-9-2-1-3-10-30)35-29-17-19-31(20-18-29)42(40,41)36-33-12-6-8-27-7-4-5-11-32(27)33/h1-20,36H,21-25H2,(H,35,39). The predicted molar refractivity (Wildman–Crippen MR) is 170 cm³/mol. The molecule has 1 heterocycles. The summed E-state index contributed by atoms with van der Waals surface area (Å²) in [5.41, 5.74) is 4.00. The third-order valence-corrected chi connectivity index (χ3v) is 8.95. The summed E-state index contributed by atoms with van der Waals surface area (Å²) in [6, 6.07) is 37.4. The SMILES string of the molecule is O=C(Nc1ccc(S(=O)(=O)Nc2cccc3ccccc23)cc1)c1ccc(CN2CCN(c3ccccc3)CC2)cc1. The maximum absolute atomic E-state index is 13.1. The Balaban J connectivity index is 1.03. The Labute approximate surface area is 246 Å². The lowest BCUT2D eigenvalue weighted by Crippen LogP contribution is -2.45. The zero-order chi connectivity index (χ0) is 28.9. The molecule has 6 rings (SSSR count). The second kappa shape index (κ2) is 12.1. The molecule has 0 saturated carbocycles. The molecule has 0 unspecified atom stereocenters. The van der Waals surface area contributed by atoms with Crippen molar-refractivity contribution in [2.75, 3.05) is 41.1 Å². The number of carbonyl (C=O) groups is 1. The normalized spacial score (nSPS) is 14.0. The van der Waals surface area contributed by atoms with Gasteiger partial charge in [-0.3, -0.25) is 14.4 Å². The van der Waals surface area contributed by atoms with E-state index in [9.17, 15) is 13.2 Å². The summed E-state index contributed by atoms with van der Waals surface area (Å²) in [6.45, 7) is 4.79. The van der Waals surface area contributed by atoms with Gasteiger partial charge in [0.1, 0.15) is 0 Å². The highest BCUT2D eigenvalue weighted by Gasteiger charge is 2.18. The van der Waals surface area contributed by atoms with E-state index >= 15 is 0 Å². The summed E-state index contributed by atoms with van der Waals surface area (Å²) in [4.78, 5) is 17.8. The van der Waals surface area contributed by atoms with Gasteiger partial charge in [-0.1, -0.05) is 66.7 Å². The van der Waals surface area contributed by atoms with Crippen LogP contribution in [0.2, 0.25) is 0 Å². The minimum Gasteiger partial charge on any atom is -0.369 e. The Morgan fingerprint density at radius 2 is 1.36 bits per heavy atom. The van der Waals surface area contributed by atoms with Crippen molar-refractivity contribution in [3.05, 3.63) is 132 Å². The molecule has 5 aromatic carbocycles. The van der Waals surface area contributed by atoms with Crippen LogP contribution in [0, 0.1) is 0 Å². The molecular weight excluding hydrogens is 544 g/mol. The van der Waals surface area contributed by atoms with Crippen molar-refractivity contribution in [2.24, 2.45) is 0 Å².